The summed E-state index contributed by atoms with van der Waals surface area (Å²) in [7, 11) is 1.59. The number of rotatable bonds is 6. The molecule has 1 N–H and O–H groups in total. The van der Waals surface area contributed by atoms with Crippen LogP contribution in [-0.4, -0.2) is 31.4 Å². The van der Waals surface area contributed by atoms with Crippen LogP contribution in [0.3, 0.4) is 0 Å². The molecule has 0 amide bonds. The van der Waals surface area contributed by atoms with E-state index in [1.54, 1.807) is 25.3 Å². The number of hydrogen-bond acceptors (Lipinski definition) is 3. The Hall–Kier alpha value is -1.52. The normalized spacial score (nSPS) is 10.7. The van der Waals surface area contributed by atoms with Gasteiger partial charge in [0.1, 0.15) is 12.4 Å². The summed E-state index contributed by atoms with van der Waals surface area (Å²) in [5.41, 5.74) is 0.705. The van der Waals surface area contributed by atoms with Crippen molar-refractivity contribution in [2.24, 2.45) is 0 Å². The molecular weight excluding hydrogens is 244 g/mol. The van der Waals surface area contributed by atoms with Gasteiger partial charge in [-0.15, -0.1) is 0 Å². The van der Waals surface area contributed by atoms with Crippen LogP contribution in [0.15, 0.2) is 24.3 Å². The number of ether oxygens (including phenoxy) is 2. The van der Waals surface area contributed by atoms with E-state index in [4.69, 9.17) is 26.2 Å². The van der Waals surface area contributed by atoms with Crippen LogP contribution in [0.2, 0.25) is 5.02 Å². The highest BCUT2D eigenvalue weighted by atomic mass is 35.5. The van der Waals surface area contributed by atoms with E-state index in [0.29, 0.717) is 29.5 Å². The molecule has 0 atom stereocenters. The number of carbonyl (C=O) groups is 1. The van der Waals surface area contributed by atoms with E-state index in [0.717, 1.165) is 6.08 Å². The van der Waals surface area contributed by atoms with E-state index < -0.39 is 5.97 Å². The summed E-state index contributed by atoms with van der Waals surface area (Å²) in [4.78, 5) is 10.3. The molecule has 0 heterocycles. The molecule has 0 aromatic heterocycles. The number of benzene rings is 1. The van der Waals surface area contributed by atoms with E-state index in [-0.39, 0.29) is 0 Å². The molecule has 0 spiro atoms. The molecule has 0 aliphatic rings. The van der Waals surface area contributed by atoms with Crippen molar-refractivity contribution in [3.05, 3.63) is 34.9 Å². The lowest BCUT2D eigenvalue weighted by atomic mass is 10.2. The Labute approximate surface area is 104 Å². The average molecular weight is 257 g/mol. The fourth-order valence-corrected chi connectivity index (χ4v) is 1.38. The molecule has 1 aromatic rings. The topological polar surface area (TPSA) is 55.8 Å². The quantitative estimate of drug-likeness (QED) is 0.627. The van der Waals surface area contributed by atoms with E-state index in [9.17, 15) is 4.79 Å². The summed E-state index contributed by atoms with van der Waals surface area (Å²) >= 11 is 5.98. The zero-order chi connectivity index (χ0) is 12.7. The Morgan fingerprint density at radius 3 is 2.82 bits per heavy atom. The Balaban J connectivity index is 2.69. The van der Waals surface area contributed by atoms with Gasteiger partial charge in [0.2, 0.25) is 0 Å². The fraction of sp³-hybridized carbons (Fsp3) is 0.250. The number of hydrogen-bond donors (Lipinski definition) is 1. The van der Waals surface area contributed by atoms with E-state index >= 15 is 0 Å². The largest absolute Gasteiger partial charge is 0.490 e. The molecular formula is C12H13ClO4. The van der Waals surface area contributed by atoms with Crippen LogP contribution < -0.4 is 4.74 Å². The predicted octanol–water partition coefficient (Wildman–Crippen LogP) is 2.46. The van der Waals surface area contributed by atoms with Crippen molar-refractivity contribution in [2.75, 3.05) is 20.3 Å². The highest BCUT2D eigenvalue weighted by Gasteiger charge is 2.01. The number of aliphatic carboxylic acids is 1. The van der Waals surface area contributed by atoms with Crippen LogP contribution in [0.1, 0.15) is 5.56 Å². The molecule has 0 saturated heterocycles. The maximum absolute atomic E-state index is 10.3. The number of carboxylic acid groups (broad SMARTS) is 1. The fourth-order valence-electron chi connectivity index (χ4n) is 1.14. The third kappa shape index (κ3) is 4.89. The minimum Gasteiger partial charge on any atom is -0.490 e. The van der Waals surface area contributed by atoms with Crippen LogP contribution in [-0.2, 0) is 9.53 Å². The summed E-state index contributed by atoms with van der Waals surface area (Å²) in [6.07, 6.45) is 2.52. The second-order valence-electron chi connectivity index (χ2n) is 3.20. The first-order valence-corrected chi connectivity index (χ1v) is 5.33. The first-order chi connectivity index (χ1) is 8.13. The second kappa shape index (κ2) is 6.93. The predicted molar refractivity (Wildman–Crippen MR) is 65.5 cm³/mol. The van der Waals surface area contributed by atoms with Gasteiger partial charge in [-0.05, 0) is 23.8 Å². The smallest absolute Gasteiger partial charge is 0.328 e. The first-order valence-electron chi connectivity index (χ1n) is 4.96. The van der Waals surface area contributed by atoms with Gasteiger partial charge in [-0.3, -0.25) is 0 Å². The summed E-state index contributed by atoms with van der Waals surface area (Å²) in [6, 6.07) is 5.07. The summed E-state index contributed by atoms with van der Waals surface area (Å²) in [5, 5.41) is 8.92. The first kappa shape index (κ1) is 13.5. The zero-order valence-corrected chi connectivity index (χ0v) is 10.1. The maximum Gasteiger partial charge on any atom is 0.328 e. The van der Waals surface area contributed by atoms with E-state index in [1.807, 2.05) is 0 Å². The molecule has 0 fully saturated rings. The minimum absolute atomic E-state index is 0.417. The van der Waals surface area contributed by atoms with Crippen molar-refractivity contribution >= 4 is 23.6 Å². The standard InChI is InChI=1S/C12H13ClO4/c1-16-6-7-17-11-4-2-9(8-10(11)13)3-5-12(14)15/h2-5,8H,6-7H2,1H3,(H,14,15)/b5-3+. The molecule has 0 aliphatic heterocycles. The average Bonchev–Trinajstić information content (AvgIpc) is 2.29. The molecule has 4 nitrogen and oxygen atoms in total. The molecule has 0 bridgehead atoms. The highest BCUT2D eigenvalue weighted by Crippen LogP contribution is 2.25. The van der Waals surface area contributed by atoms with Crippen molar-refractivity contribution in [3.63, 3.8) is 0 Å². The van der Waals surface area contributed by atoms with Gasteiger partial charge in [-0.1, -0.05) is 17.7 Å². The summed E-state index contributed by atoms with van der Waals surface area (Å²) in [5.74, 6) is -0.447. The SMILES string of the molecule is COCCOc1ccc(/C=C/C(=O)O)cc1Cl. The lowest BCUT2D eigenvalue weighted by molar-refractivity contribution is -0.131. The molecule has 0 radical (unpaired) electrons. The lowest BCUT2D eigenvalue weighted by Gasteiger charge is -2.07. The number of carboxylic acids is 1. The van der Waals surface area contributed by atoms with E-state index in [1.165, 1.54) is 6.08 Å². The summed E-state index contributed by atoms with van der Waals surface area (Å²) in [6.45, 7) is 0.900. The summed E-state index contributed by atoms with van der Waals surface area (Å²) < 4.78 is 10.2. The third-order valence-electron chi connectivity index (χ3n) is 1.92. The molecule has 1 aromatic carbocycles. The van der Waals surface area contributed by atoms with E-state index in [2.05, 4.69) is 0 Å². The maximum atomic E-state index is 10.3. The van der Waals surface area contributed by atoms with Crippen molar-refractivity contribution < 1.29 is 19.4 Å². The van der Waals surface area contributed by atoms with Gasteiger partial charge in [0.25, 0.3) is 0 Å². The molecule has 0 saturated carbocycles. The van der Waals surface area contributed by atoms with Crippen LogP contribution in [0.5, 0.6) is 5.75 Å². The molecule has 1 rings (SSSR count). The van der Waals surface area contributed by atoms with Crippen molar-refractivity contribution in [1.29, 1.82) is 0 Å². The van der Waals surface area contributed by atoms with Gasteiger partial charge >= 0.3 is 5.97 Å². The van der Waals surface area contributed by atoms with Crippen LogP contribution in [0.25, 0.3) is 6.08 Å². The van der Waals surface area contributed by atoms with Gasteiger partial charge in [-0.2, -0.15) is 0 Å². The van der Waals surface area contributed by atoms with Gasteiger partial charge in [0.15, 0.2) is 0 Å². The van der Waals surface area contributed by atoms with Gasteiger partial charge < -0.3 is 14.6 Å². The number of halogens is 1. The third-order valence-corrected chi connectivity index (χ3v) is 2.21. The highest BCUT2D eigenvalue weighted by molar-refractivity contribution is 6.32. The van der Waals surface area contributed by atoms with Crippen LogP contribution in [0.4, 0.5) is 0 Å². The van der Waals surface area contributed by atoms with Gasteiger partial charge in [-0.25, -0.2) is 4.79 Å². The Morgan fingerprint density at radius 2 is 2.24 bits per heavy atom. The van der Waals surface area contributed by atoms with Crippen molar-refractivity contribution in [2.45, 2.75) is 0 Å². The van der Waals surface area contributed by atoms with Crippen molar-refractivity contribution in [3.8, 4) is 5.75 Å². The lowest BCUT2D eigenvalue weighted by Crippen LogP contribution is -2.04. The van der Waals surface area contributed by atoms with Gasteiger partial charge in [0, 0.05) is 13.2 Å². The Bertz CT molecular complexity index is 415. The van der Waals surface area contributed by atoms with Crippen LogP contribution in [0, 0.1) is 0 Å². The monoisotopic (exact) mass is 256 g/mol. The molecule has 0 unspecified atom stereocenters. The molecule has 5 heteroatoms. The van der Waals surface area contributed by atoms with Crippen LogP contribution >= 0.6 is 11.6 Å². The second-order valence-corrected chi connectivity index (χ2v) is 3.61. The minimum atomic E-state index is -0.999. The number of methoxy groups -OCH3 is 1. The molecule has 0 aliphatic carbocycles. The Kier molecular flexibility index (Phi) is 5.52. The van der Waals surface area contributed by atoms with Crippen molar-refractivity contribution in [1.82, 2.24) is 0 Å². The Morgan fingerprint density at radius 1 is 1.47 bits per heavy atom. The molecule has 92 valence electrons. The van der Waals surface area contributed by atoms with Gasteiger partial charge in [0.05, 0.1) is 11.6 Å². The molecule has 17 heavy (non-hydrogen) atoms. The zero-order valence-electron chi connectivity index (χ0n) is 9.35.